The highest BCUT2D eigenvalue weighted by atomic mass is 16.8. The topological polar surface area (TPSA) is 220 Å². The van der Waals surface area contributed by atoms with Crippen LogP contribution in [0.2, 0.25) is 0 Å². The predicted octanol–water partition coefficient (Wildman–Crippen LogP) is 1.25. The lowest BCUT2D eigenvalue weighted by Gasteiger charge is -2.39. The fraction of sp³-hybridized carbons (Fsp3) is 0.537. The molecule has 2 aliphatic heterocycles. The van der Waals surface area contributed by atoms with E-state index in [0.717, 1.165) is 11.1 Å². The second-order valence-electron chi connectivity index (χ2n) is 15.5. The minimum atomic E-state index is -1.58. The Balaban J connectivity index is 1.15. The third-order valence-corrected chi connectivity index (χ3v) is 10.1. The Labute approximate surface area is 324 Å². The lowest BCUT2D eigenvalue weighted by atomic mass is 9.91. The van der Waals surface area contributed by atoms with Crippen molar-refractivity contribution in [3.63, 3.8) is 0 Å². The number of esters is 2. The van der Waals surface area contributed by atoms with E-state index >= 15 is 0 Å². The van der Waals surface area contributed by atoms with Gasteiger partial charge >= 0.3 is 11.9 Å². The maximum atomic E-state index is 13.9. The molecule has 2 aliphatic carbocycles. The fourth-order valence-electron chi connectivity index (χ4n) is 7.39. The van der Waals surface area contributed by atoms with Crippen molar-refractivity contribution < 1.29 is 68.3 Å². The van der Waals surface area contributed by atoms with E-state index in [1.165, 1.54) is 0 Å². The molecule has 15 nitrogen and oxygen atoms in total. The summed E-state index contributed by atoms with van der Waals surface area (Å²) in [4.78, 5) is 39.9. The SMILES string of the molecule is CC(C)(C)OC(=O)CCC(CO)NC(=O)C1=CC2OC3(Cc4ccccc4C3)OC2C(OC(=O)c2ccccc2C=CCOC2OC(CO)C(O)C(O)C2O)C1. The van der Waals surface area contributed by atoms with Crippen molar-refractivity contribution in [3.05, 3.63) is 88.5 Å². The summed E-state index contributed by atoms with van der Waals surface area (Å²) in [7, 11) is 0. The van der Waals surface area contributed by atoms with Gasteiger partial charge in [0.05, 0.1) is 31.4 Å². The average Bonchev–Trinajstić information content (AvgIpc) is 3.72. The molecule has 0 radical (unpaired) electrons. The first-order valence-corrected chi connectivity index (χ1v) is 18.8. The number of ether oxygens (including phenoxy) is 6. The summed E-state index contributed by atoms with van der Waals surface area (Å²) in [6.07, 6.45) is -3.60. The molecule has 2 fully saturated rings. The summed E-state index contributed by atoms with van der Waals surface area (Å²) in [5, 5.41) is 52.6. The zero-order chi connectivity index (χ0) is 40.2. The Morgan fingerprint density at radius 2 is 1.66 bits per heavy atom. The van der Waals surface area contributed by atoms with E-state index in [2.05, 4.69) is 5.32 Å². The van der Waals surface area contributed by atoms with Crippen LogP contribution in [0, 0.1) is 0 Å². The lowest BCUT2D eigenvalue weighted by molar-refractivity contribution is -0.298. The van der Waals surface area contributed by atoms with Crippen molar-refractivity contribution in [1.29, 1.82) is 0 Å². The van der Waals surface area contributed by atoms with Crippen molar-refractivity contribution in [3.8, 4) is 0 Å². The number of nitrogens with one attached hydrogen (secondary N) is 1. The molecule has 1 amide bonds. The van der Waals surface area contributed by atoms with Crippen LogP contribution in [0.1, 0.15) is 67.1 Å². The fourth-order valence-corrected chi connectivity index (χ4v) is 7.39. The number of carbonyl (C=O) groups excluding carboxylic acids is 3. The lowest BCUT2D eigenvalue weighted by Crippen LogP contribution is -2.59. The molecule has 9 atom stereocenters. The van der Waals surface area contributed by atoms with Gasteiger partial charge in [-0.3, -0.25) is 9.59 Å². The van der Waals surface area contributed by atoms with Gasteiger partial charge in [0.25, 0.3) is 0 Å². The molecule has 2 saturated heterocycles. The van der Waals surface area contributed by atoms with Gasteiger partial charge in [-0.2, -0.15) is 0 Å². The van der Waals surface area contributed by atoms with E-state index in [0.29, 0.717) is 18.4 Å². The molecule has 0 aromatic heterocycles. The molecule has 2 heterocycles. The minimum absolute atomic E-state index is 0.0134. The first-order chi connectivity index (χ1) is 26.7. The van der Waals surface area contributed by atoms with Crippen molar-refractivity contribution in [2.45, 2.75) is 119 Å². The van der Waals surface area contributed by atoms with Gasteiger partial charge in [0.1, 0.15) is 48.3 Å². The molecular weight excluding hydrogens is 730 g/mol. The van der Waals surface area contributed by atoms with Gasteiger partial charge in [-0.15, -0.1) is 0 Å². The van der Waals surface area contributed by atoms with E-state index in [1.807, 2.05) is 24.3 Å². The van der Waals surface area contributed by atoms with Crippen molar-refractivity contribution in [2.75, 3.05) is 19.8 Å². The summed E-state index contributed by atoms with van der Waals surface area (Å²) in [6, 6.07) is 13.8. The van der Waals surface area contributed by atoms with Crippen molar-refractivity contribution in [2.24, 2.45) is 0 Å². The Morgan fingerprint density at radius 1 is 0.964 bits per heavy atom. The van der Waals surface area contributed by atoms with Crippen LogP contribution < -0.4 is 5.32 Å². The molecule has 9 unspecified atom stereocenters. The minimum Gasteiger partial charge on any atom is -0.460 e. The van der Waals surface area contributed by atoms with Crippen LogP contribution in [0.3, 0.4) is 0 Å². The van der Waals surface area contributed by atoms with Crippen LogP contribution in [0.25, 0.3) is 6.08 Å². The van der Waals surface area contributed by atoms with Gasteiger partial charge in [0, 0.05) is 31.3 Å². The maximum Gasteiger partial charge on any atom is 0.339 e. The molecule has 15 heteroatoms. The van der Waals surface area contributed by atoms with E-state index in [9.17, 15) is 39.9 Å². The van der Waals surface area contributed by atoms with Crippen LogP contribution in [-0.2, 0) is 50.9 Å². The summed E-state index contributed by atoms with van der Waals surface area (Å²) in [5.74, 6) is -2.66. The molecule has 0 saturated carbocycles. The number of hydrogen-bond acceptors (Lipinski definition) is 14. The van der Waals surface area contributed by atoms with Crippen LogP contribution in [0.15, 0.2) is 66.3 Å². The number of aliphatic hydroxyl groups is 5. The standard InChI is InChI=1S/C41H51NO14/c1-40(2,3)55-32(45)15-14-27(21-43)42-37(49)26-17-29(36-30(18-26)54-41(56-36)19-24-10-4-5-11-25(24)20-41)52-38(50)28-13-7-6-9-23(28)12-8-16-51-39-35(48)34(47)33(46)31(22-44)53-39/h4-13,18,27,29-31,33-36,39,43-44,46-48H,14-17,19-22H2,1-3H3,(H,42,49). The van der Waals surface area contributed by atoms with Gasteiger partial charge in [0.15, 0.2) is 12.1 Å². The number of benzene rings is 2. The Bertz CT molecular complexity index is 1760. The van der Waals surface area contributed by atoms with Gasteiger partial charge < -0.3 is 59.3 Å². The third kappa shape index (κ3) is 9.73. The van der Waals surface area contributed by atoms with Crippen molar-refractivity contribution >= 4 is 23.9 Å². The van der Waals surface area contributed by atoms with E-state index in [1.54, 1.807) is 63.3 Å². The second kappa shape index (κ2) is 17.6. The van der Waals surface area contributed by atoms with Gasteiger partial charge in [0.2, 0.25) is 5.91 Å². The quantitative estimate of drug-likeness (QED) is 0.158. The summed E-state index contributed by atoms with van der Waals surface area (Å²) < 4.78 is 35.6. The first kappa shape index (κ1) is 41.6. The maximum absolute atomic E-state index is 13.9. The number of carbonyl (C=O) groups is 3. The highest BCUT2D eigenvalue weighted by Crippen LogP contribution is 2.45. The molecule has 6 rings (SSSR count). The third-order valence-electron chi connectivity index (χ3n) is 10.1. The molecular formula is C41H51NO14. The Kier molecular flexibility index (Phi) is 13.1. The normalized spacial score (nSPS) is 28.7. The zero-order valence-electron chi connectivity index (χ0n) is 31.6. The monoisotopic (exact) mass is 781 g/mol. The molecule has 6 N–H and O–H groups in total. The van der Waals surface area contributed by atoms with E-state index in [4.69, 9.17) is 28.4 Å². The summed E-state index contributed by atoms with van der Waals surface area (Å²) in [5.41, 5.74) is 2.43. The van der Waals surface area contributed by atoms with Crippen molar-refractivity contribution in [1.82, 2.24) is 5.32 Å². The highest BCUT2D eigenvalue weighted by Gasteiger charge is 2.55. The molecule has 0 bridgehead atoms. The van der Waals surface area contributed by atoms with Gasteiger partial charge in [-0.05, 0) is 56.0 Å². The number of fused-ring (bicyclic) bond motifs is 2. The van der Waals surface area contributed by atoms with Gasteiger partial charge in [-0.25, -0.2) is 4.79 Å². The number of amides is 1. The highest BCUT2D eigenvalue weighted by molar-refractivity contribution is 5.95. The molecule has 2 aromatic rings. The second-order valence-corrected chi connectivity index (χ2v) is 15.5. The van der Waals surface area contributed by atoms with Crippen LogP contribution in [-0.4, -0.2) is 130 Å². The van der Waals surface area contributed by atoms with E-state index < -0.39 is 97.5 Å². The predicted molar refractivity (Wildman–Crippen MR) is 198 cm³/mol. The van der Waals surface area contributed by atoms with Crippen LogP contribution >= 0.6 is 0 Å². The number of rotatable bonds is 13. The first-order valence-electron chi connectivity index (χ1n) is 18.8. The van der Waals surface area contributed by atoms with E-state index in [-0.39, 0.29) is 37.0 Å². The summed E-state index contributed by atoms with van der Waals surface area (Å²) in [6.45, 7) is 4.15. The molecule has 56 heavy (non-hydrogen) atoms. The van der Waals surface area contributed by atoms with Gasteiger partial charge in [-0.1, -0.05) is 54.6 Å². The Hall–Kier alpha value is -4.03. The zero-order valence-corrected chi connectivity index (χ0v) is 31.6. The molecule has 2 aromatic carbocycles. The smallest absolute Gasteiger partial charge is 0.339 e. The number of aliphatic hydroxyl groups excluding tert-OH is 5. The molecule has 4 aliphatic rings. The summed E-state index contributed by atoms with van der Waals surface area (Å²) >= 11 is 0. The number of hydrogen-bond donors (Lipinski definition) is 6. The van der Waals surface area contributed by atoms with Crippen LogP contribution in [0.5, 0.6) is 0 Å². The van der Waals surface area contributed by atoms with Crippen LogP contribution in [0.4, 0.5) is 0 Å². The largest absolute Gasteiger partial charge is 0.460 e. The average molecular weight is 782 g/mol. The molecule has 304 valence electrons. The molecule has 1 spiro atoms. The Morgan fingerprint density at radius 3 is 2.34 bits per heavy atom.